The molecule has 0 amide bonds. The largest absolute Gasteiger partial charge is 0.466 e. The highest BCUT2D eigenvalue weighted by molar-refractivity contribution is 5.96. The Morgan fingerprint density at radius 3 is 2.56 bits per heavy atom. The number of hydrogen-bond donors (Lipinski definition) is 2. The molecule has 6 nitrogen and oxygen atoms in total. The average molecular weight is 224 g/mol. The highest BCUT2D eigenvalue weighted by atomic mass is 16.6. The lowest BCUT2D eigenvalue weighted by Crippen LogP contribution is -2.16. The van der Waals surface area contributed by atoms with Crippen LogP contribution in [0.2, 0.25) is 0 Å². The lowest BCUT2D eigenvalue weighted by atomic mass is 10.1. The molecule has 1 rings (SSSR count). The molecular weight excluding hydrogens is 212 g/mol. The van der Waals surface area contributed by atoms with Gasteiger partial charge in [-0.05, 0) is 18.2 Å². The second kappa shape index (κ2) is 5.01. The zero-order valence-electron chi connectivity index (χ0n) is 8.73. The molecule has 0 bridgehead atoms. The van der Waals surface area contributed by atoms with Gasteiger partial charge in [0, 0.05) is 11.4 Å². The van der Waals surface area contributed by atoms with Gasteiger partial charge in [0.05, 0.1) is 12.7 Å². The number of carbonyl (C=O) groups excluding carboxylic acids is 2. The minimum atomic E-state index is -0.692. The molecule has 6 heteroatoms. The fourth-order valence-corrected chi connectivity index (χ4v) is 1.03. The summed E-state index contributed by atoms with van der Waals surface area (Å²) < 4.78 is 8.99. The molecule has 0 unspecified atom stereocenters. The first kappa shape index (κ1) is 11.8. The average Bonchev–Trinajstić information content (AvgIpc) is 2.25. The van der Waals surface area contributed by atoms with Crippen molar-refractivity contribution in [3.05, 3.63) is 23.8 Å². The van der Waals surface area contributed by atoms with Gasteiger partial charge in [-0.1, -0.05) is 0 Å². The predicted molar refractivity (Wildman–Crippen MR) is 57.6 cm³/mol. The summed E-state index contributed by atoms with van der Waals surface area (Å²) in [5, 5.41) is 0. The van der Waals surface area contributed by atoms with Crippen LogP contribution in [-0.4, -0.2) is 25.7 Å². The van der Waals surface area contributed by atoms with Crippen molar-refractivity contribution >= 4 is 23.3 Å². The van der Waals surface area contributed by atoms with Crippen molar-refractivity contribution in [1.29, 1.82) is 0 Å². The van der Waals surface area contributed by atoms with Gasteiger partial charge in [-0.25, -0.2) is 9.59 Å². The first-order valence-corrected chi connectivity index (χ1v) is 4.43. The Kier molecular flexibility index (Phi) is 3.71. The van der Waals surface area contributed by atoms with Crippen LogP contribution in [0.1, 0.15) is 10.4 Å². The number of methoxy groups -OCH3 is 1. The van der Waals surface area contributed by atoms with E-state index in [1.165, 1.54) is 25.3 Å². The van der Waals surface area contributed by atoms with Gasteiger partial charge in [-0.3, -0.25) is 0 Å². The van der Waals surface area contributed by atoms with Crippen molar-refractivity contribution in [2.45, 2.75) is 0 Å². The Bertz CT molecular complexity index is 417. The number of rotatable bonds is 3. The van der Waals surface area contributed by atoms with Crippen molar-refractivity contribution in [2.75, 3.05) is 25.2 Å². The van der Waals surface area contributed by atoms with Crippen molar-refractivity contribution in [3.63, 3.8) is 0 Å². The van der Waals surface area contributed by atoms with E-state index in [0.29, 0.717) is 5.69 Å². The number of nitrogen functional groups attached to an aromatic ring is 2. The third kappa shape index (κ3) is 2.88. The normalized spacial score (nSPS) is 9.56. The lowest BCUT2D eigenvalue weighted by molar-refractivity contribution is -0.144. The molecule has 0 saturated heterocycles. The number of benzene rings is 1. The molecule has 1 aromatic rings. The third-order valence-electron chi connectivity index (χ3n) is 1.84. The Balaban J connectivity index is 2.70. The van der Waals surface area contributed by atoms with Crippen molar-refractivity contribution in [3.8, 4) is 0 Å². The molecule has 0 heterocycles. The quantitative estimate of drug-likeness (QED) is 0.560. The molecule has 0 aliphatic rings. The molecule has 86 valence electrons. The fraction of sp³-hybridized carbons (Fsp3) is 0.200. The second-order valence-electron chi connectivity index (χ2n) is 3.00. The van der Waals surface area contributed by atoms with Crippen molar-refractivity contribution < 1.29 is 19.1 Å². The molecule has 0 fully saturated rings. The van der Waals surface area contributed by atoms with Crippen molar-refractivity contribution in [1.82, 2.24) is 0 Å². The molecule has 4 N–H and O–H groups in total. The number of anilines is 2. The highest BCUT2D eigenvalue weighted by Crippen LogP contribution is 2.16. The summed E-state index contributed by atoms with van der Waals surface area (Å²) in [5.41, 5.74) is 11.8. The van der Waals surface area contributed by atoms with Crippen molar-refractivity contribution in [2.24, 2.45) is 0 Å². The minimum Gasteiger partial charge on any atom is -0.466 e. The molecule has 0 radical (unpaired) electrons. The zero-order valence-corrected chi connectivity index (χ0v) is 8.73. The zero-order chi connectivity index (χ0) is 12.1. The van der Waals surface area contributed by atoms with Crippen LogP contribution in [0.5, 0.6) is 0 Å². The van der Waals surface area contributed by atoms with Crippen LogP contribution >= 0.6 is 0 Å². The van der Waals surface area contributed by atoms with E-state index < -0.39 is 18.5 Å². The highest BCUT2D eigenvalue weighted by Gasteiger charge is 2.13. The number of carbonyl (C=O) groups is 2. The van der Waals surface area contributed by atoms with Crippen LogP contribution in [0, 0.1) is 0 Å². The lowest BCUT2D eigenvalue weighted by Gasteiger charge is -2.06. The topological polar surface area (TPSA) is 105 Å². The fourth-order valence-electron chi connectivity index (χ4n) is 1.03. The molecule has 1 aromatic carbocycles. The van der Waals surface area contributed by atoms with E-state index in [4.69, 9.17) is 11.5 Å². The Morgan fingerprint density at radius 1 is 1.31 bits per heavy atom. The van der Waals surface area contributed by atoms with Gasteiger partial charge < -0.3 is 20.9 Å². The van der Waals surface area contributed by atoms with E-state index in [1.807, 2.05) is 0 Å². The van der Waals surface area contributed by atoms with Crippen LogP contribution in [0.3, 0.4) is 0 Å². The van der Waals surface area contributed by atoms with Crippen LogP contribution in [-0.2, 0) is 14.3 Å². The summed E-state index contributed by atoms with van der Waals surface area (Å²) in [6.07, 6.45) is 0. The number of ether oxygens (including phenoxy) is 2. The summed E-state index contributed by atoms with van der Waals surface area (Å²) in [4.78, 5) is 22.2. The van der Waals surface area contributed by atoms with E-state index in [0.717, 1.165) is 0 Å². The maximum Gasteiger partial charge on any atom is 0.344 e. The Morgan fingerprint density at radius 2 is 2.00 bits per heavy atom. The SMILES string of the molecule is COC(=O)COC(=O)c1ccc(N)cc1N. The van der Waals surface area contributed by atoms with Crippen LogP contribution in [0.15, 0.2) is 18.2 Å². The summed E-state index contributed by atoms with van der Waals surface area (Å²) in [6.45, 7) is -0.445. The van der Waals surface area contributed by atoms with Gasteiger partial charge in [-0.15, -0.1) is 0 Å². The molecule has 0 spiro atoms. The Labute approximate surface area is 92.1 Å². The van der Waals surface area contributed by atoms with Crippen LogP contribution in [0.4, 0.5) is 11.4 Å². The maximum absolute atomic E-state index is 11.4. The molecule has 0 saturated carbocycles. The smallest absolute Gasteiger partial charge is 0.344 e. The van der Waals surface area contributed by atoms with E-state index in [1.54, 1.807) is 0 Å². The number of esters is 2. The molecule has 16 heavy (non-hydrogen) atoms. The summed E-state index contributed by atoms with van der Waals surface area (Å²) in [6, 6.07) is 4.39. The van der Waals surface area contributed by atoms with Crippen LogP contribution in [0.25, 0.3) is 0 Å². The minimum absolute atomic E-state index is 0.165. The summed E-state index contributed by atoms with van der Waals surface area (Å²) in [7, 11) is 1.20. The van der Waals surface area contributed by atoms with Gasteiger partial charge >= 0.3 is 11.9 Å². The summed E-state index contributed by atoms with van der Waals surface area (Å²) in [5.74, 6) is -1.33. The second-order valence-corrected chi connectivity index (χ2v) is 3.00. The number of hydrogen-bond acceptors (Lipinski definition) is 6. The van der Waals surface area contributed by atoms with Gasteiger partial charge in [0.2, 0.25) is 0 Å². The van der Waals surface area contributed by atoms with E-state index in [2.05, 4.69) is 9.47 Å². The van der Waals surface area contributed by atoms with Gasteiger partial charge in [0.1, 0.15) is 0 Å². The first-order valence-electron chi connectivity index (χ1n) is 4.43. The third-order valence-corrected chi connectivity index (χ3v) is 1.84. The molecule has 0 aromatic heterocycles. The van der Waals surface area contributed by atoms with Gasteiger partial charge in [-0.2, -0.15) is 0 Å². The molecule has 0 atom stereocenters. The predicted octanol–water partition coefficient (Wildman–Crippen LogP) is 0.181. The molecular formula is C10H12N2O4. The van der Waals surface area contributed by atoms with E-state index >= 15 is 0 Å². The van der Waals surface area contributed by atoms with Crippen LogP contribution < -0.4 is 11.5 Å². The standard InChI is InChI=1S/C10H12N2O4/c1-15-9(13)5-16-10(14)7-3-2-6(11)4-8(7)12/h2-4H,5,11-12H2,1H3. The van der Waals surface area contributed by atoms with Gasteiger partial charge in [0.25, 0.3) is 0 Å². The first-order chi connectivity index (χ1) is 7.54. The van der Waals surface area contributed by atoms with Gasteiger partial charge in [0.15, 0.2) is 6.61 Å². The summed E-state index contributed by atoms with van der Waals surface area (Å²) >= 11 is 0. The molecule has 0 aliphatic heterocycles. The molecule has 0 aliphatic carbocycles. The van der Waals surface area contributed by atoms with E-state index in [-0.39, 0.29) is 11.3 Å². The van der Waals surface area contributed by atoms with E-state index in [9.17, 15) is 9.59 Å². The Hall–Kier alpha value is -2.24. The maximum atomic E-state index is 11.4. The monoisotopic (exact) mass is 224 g/mol. The number of nitrogens with two attached hydrogens (primary N) is 2.